The van der Waals surface area contributed by atoms with E-state index in [2.05, 4.69) is 34.5 Å². The minimum absolute atomic E-state index is 0.0833. The lowest BCUT2D eigenvalue weighted by atomic mass is 9.90. The van der Waals surface area contributed by atoms with E-state index in [-0.39, 0.29) is 30.8 Å². The third-order valence-electron chi connectivity index (χ3n) is 8.17. The summed E-state index contributed by atoms with van der Waals surface area (Å²) in [5.41, 5.74) is 1.51. The van der Waals surface area contributed by atoms with Crippen molar-refractivity contribution in [1.29, 1.82) is 0 Å². The number of likely N-dealkylation sites (N-methyl/N-ethyl adjacent to an activating group) is 1. The summed E-state index contributed by atoms with van der Waals surface area (Å²) in [7, 11) is 1.67. The van der Waals surface area contributed by atoms with Crippen LogP contribution in [-0.2, 0) is 15.2 Å². The van der Waals surface area contributed by atoms with Crippen molar-refractivity contribution in [3.05, 3.63) is 77.4 Å². The molecule has 2 aliphatic heterocycles. The number of nitrogens with one attached hydrogen (secondary N) is 1. The second kappa shape index (κ2) is 8.78. The Morgan fingerprint density at radius 3 is 2.44 bits per heavy atom. The zero-order valence-corrected chi connectivity index (χ0v) is 20.4. The Morgan fingerprint density at radius 1 is 1.03 bits per heavy atom. The lowest BCUT2D eigenvalue weighted by Crippen LogP contribution is -2.51. The quantitative estimate of drug-likeness (QED) is 0.497. The number of benzene rings is 3. The number of anilines is 1. The zero-order chi connectivity index (χ0) is 25.0. The number of hydrogen-bond acceptors (Lipinski definition) is 6. The van der Waals surface area contributed by atoms with Gasteiger partial charge in [0.25, 0.3) is 5.91 Å². The van der Waals surface area contributed by atoms with Crippen molar-refractivity contribution in [3.63, 3.8) is 0 Å². The van der Waals surface area contributed by atoms with Crippen LogP contribution in [-0.4, -0.2) is 59.5 Å². The molecule has 1 amide bonds. The molecule has 2 heterocycles. The summed E-state index contributed by atoms with van der Waals surface area (Å²) >= 11 is 0. The van der Waals surface area contributed by atoms with Gasteiger partial charge in [-0.05, 0) is 47.9 Å². The molecule has 3 aromatic rings. The van der Waals surface area contributed by atoms with Crippen molar-refractivity contribution < 1.29 is 19.8 Å². The first-order chi connectivity index (χ1) is 17.4. The Balaban J connectivity index is 1.24. The highest BCUT2D eigenvalue weighted by Gasteiger charge is 2.53. The van der Waals surface area contributed by atoms with E-state index in [1.54, 1.807) is 24.1 Å². The Labute approximate surface area is 210 Å². The standard InChI is InChI=1S/C29H31N3O4/c1-30-17-20(33)16-29(36)23-10-2-3-11-24(23)32(28(29)35)19-12-14-31(15-13-19)26-21-8-4-6-18-7-5-9-22(25(18)21)27(26)34/h2-11,19,26-27,30,34,36H,12-17H2,1H3/t26-,27-,29-/m1/s1. The average molecular weight is 486 g/mol. The topological polar surface area (TPSA) is 93.1 Å². The first-order valence-corrected chi connectivity index (χ1v) is 12.7. The molecule has 1 saturated heterocycles. The lowest BCUT2D eigenvalue weighted by molar-refractivity contribution is -0.142. The normalized spacial score (nSPS) is 26.1. The van der Waals surface area contributed by atoms with Crippen molar-refractivity contribution >= 4 is 28.2 Å². The van der Waals surface area contributed by atoms with Gasteiger partial charge in [-0.15, -0.1) is 0 Å². The minimum atomic E-state index is -1.83. The molecule has 186 valence electrons. The second-order valence-corrected chi connectivity index (χ2v) is 10.2. The minimum Gasteiger partial charge on any atom is -0.386 e. The molecule has 7 heteroatoms. The number of carbonyl (C=O) groups is 2. The van der Waals surface area contributed by atoms with Crippen molar-refractivity contribution in [1.82, 2.24) is 10.2 Å². The fourth-order valence-electron chi connectivity index (χ4n) is 6.59. The van der Waals surface area contributed by atoms with Crippen LogP contribution in [0.2, 0.25) is 0 Å². The first-order valence-electron chi connectivity index (χ1n) is 12.7. The van der Waals surface area contributed by atoms with Gasteiger partial charge in [0, 0.05) is 31.1 Å². The predicted octanol–water partition coefficient (Wildman–Crippen LogP) is 2.81. The summed E-state index contributed by atoms with van der Waals surface area (Å²) in [5, 5.41) is 27.8. The Kier molecular flexibility index (Phi) is 5.68. The van der Waals surface area contributed by atoms with E-state index < -0.39 is 17.6 Å². The lowest BCUT2D eigenvalue weighted by Gasteiger charge is -2.41. The summed E-state index contributed by atoms with van der Waals surface area (Å²) in [6, 6.07) is 19.4. The largest absolute Gasteiger partial charge is 0.386 e. The summed E-state index contributed by atoms with van der Waals surface area (Å²) in [6.45, 7) is 1.55. The molecule has 0 spiro atoms. The van der Waals surface area contributed by atoms with E-state index in [0.717, 1.165) is 47.8 Å². The van der Waals surface area contributed by atoms with Crippen LogP contribution in [0, 0.1) is 0 Å². The molecule has 3 N–H and O–H groups in total. The van der Waals surface area contributed by atoms with E-state index in [9.17, 15) is 19.8 Å². The number of piperidine rings is 1. The number of amides is 1. The predicted molar refractivity (Wildman–Crippen MR) is 138 cm³/mol. The van der Waals surface area contributed by atoms with E-state index in [1.807, 2.05) is 24.3 Å². The number of hydrogen-bond donors (Lipinski definition) is 3. The van der Waals surface area contributed by atoms with Gasteiger partial charge in [0.2, 0.25) is 0 Å². The van der Waals surface area contributed by atoms with Crippen LogP contribution < -0.4 is 10.2 Å². The van der Waals surface area contributed by atoms with Gasteiger partial charge < -0.3 is 20.4 Å². The summed E-state index contributed by atoms with van der Waals surface area (Å²) in [6.07, 6.45) is 0.613. The number of rotatable bonds is 6. The van der Waals surface area contributed by atoms with Gasteiger partial charge in [-0.3, -0.25) is 14.5 Å². The molecule has 0 bridgehead atoms. The maximum atomic E-state index is 13.6. The van der Waals surface area contributed by atoms with Crippen molar-refractivity contribution in [2.75, 3.05) is 31.6 Å². The zero-order valence-electron chi connectivity index (χ0n) is 20.4. The van der Waals surface area contributed by atoms with Crippen LogP contribution in [0.15, 0.2) is 60.7 Å². The number of ketones is 1. The first kappa shape index (κ1) is 23.3. The van der Waals surface area contributed by atoms with Gasteiger partial charge in [0.1, 0.15) is 5.78 Å². The molecule has 0 unspecified atom stereocenters. The van der Waals surface area contributed by atoms with Gasteiger partial charge in [0.05, 0.1) is 24.4 Å². The van der Waals surface area contributed by atoms with Gasteiger partial charge in [0.15, 0.2) is 5.60 Å². The number of aliphatic hydroxyl groups is 2. The van der Waals surface area contributed by atoms with E-state index in [0.29, 0.717) is 11.3 Å². The molecule has 7 nitrogen and oxygen atoms in total. The van der Waals surface area contributed by atoms with Crippen LogP contribution in [0.1, 0.15) is 48.1 Å². The molecule has 0 radical (unpaired) electrons. The molecular weight excluding hydrogens is 454 g/mol. The Hall–Kier alpha value is -3.10. The van der Waals surface area contributed by atoms with Crippen LogP contribution in [0.5, 0.6) is 0 Å². The summed E-state index contributed by atoms with van der Waals surface area (Å²) < 4.78 is 0. The highest BCUT2D eigenvalue weighted by molar-refractivity contribution is 6.09. The summed E-state index contributed by atoms with van der Waals surface area (Å²) in [5.74, 6) is -0.617. The third kappa shape index (κ3) is 3.42. The smallest absolute Gasteiger partial charge is 0.264 e. The van der Waals surface area contributed by atoms with Crippen LogP contribution in [0.3, 0.4) is 0 Å². The maximum Gasteiger partial charge on any atom is 0.264 e. The molecule has 1 fully saturated rings. The number of carbonyl (C=O) groups excluding carboxylic acids is 2. The molecule has 3 aromatic carbocycles. The Morgan fingerprint density at radius 2 is 1.72 bits per heavy atom. The van der Waals surface area contributed by atoms with Crippen molar-refractivity contribution in [2.24, 2.45) is 0 Å². The molecule has 0 saturated carbocycles. The van der Waals surface area contributed by atoms with Crippen molar-refractivity contribution in [3.8, 4) is 0 Å². The highest BCUT2D eigenvalue weighted by Crippen LogP contribution is 2.49. The van der Waals surface area contributed by atoms with Gasteiger partial charge in [-0.25, -0.2) is 0 Å². The van der Waals surface area contributed by atoms with Gasteiger partial charge in [-0.2, -0.15) is 0 Å². The van der Waals surface area contributed by atoms with Crippen molar-refractivity contribution in [2.45, 2.75) is 43.1 Å². The number of para-hydroxylation sites is 1. The van der Waals surface area contributed by atoms with Crippen LogP contribution in [0.4, 0.5) is 5.69 Å². The maximum absolute atomic E-state index is 13.6. The van der Waals surface area contributed by atoms with Gasteiger partial charge in [-0.1, -0.05) is 54.6 Å². The summed E-state index contributed by atoms with van der Waals surface area (Å²) in [4.78, 5) is 30.1. The SMILES string of the molecule is CNCC(=O)C[C@]1(O)C(=O)N(C2CCN([C@@H]3c4cccc5cccc(c45)[C@H]3O)CC2)c2ccccc21. The van der Waals surface area contributed by atoms with E-state index in [4.69, 9.17) is 0 Å². The molecule has 0 aromatic heterocycles. The van der Waals surface area contributed by atoms with Gasteiger partial charge >= 0.3 is 0 Å². The van der Waals surface area contributed by atoms with Crippen LogP contribution in [0.25, 0.3) is 10.8 Å². The molecular formula is C29H31N3O4. The number of likely N-dealkylation sites (tertiary alicyclic amines) is 1. The van der Waals surface area contributed by atoms with E-state index >= 15 is 0 Å². The van der Waals surface area contributed by atoms with Crippen LogP contribution >= 0.6 is 0 Å². The number of aliphatic hydroxyl groups excluding tert-OH is 1. The number of nitrogens with zero attached hydrogens (tertiary/aromatic N) is 2. The number of Topliss-reactive ketones (excluding diaryl/α,β-unsaturated/α-hetero) is 1. The number of fused-ring (bicyclic) bond motifs is 1. The second-order valence-electron chi connectivity index (χ2n) is 10.2. The third-order valence-corrected chi connectivity index (χ3v) is 8.17. The monoisotopic (exact) mass is 485 g/mol. The highest BCUT2D eigenvalue weighted by atomic mass is 16.3. The molecule has 6 rings (SSSR count). The fourth-order valence-corrected chi connectivity index (χ4v) is 6.59. The molecule has 1 aliphatic carbocycles. The average Bonchev–Trinajstić information content (AvgIpc) is 3.29. The molecule has 36 heavy (non-hydrogen) atoms. The van der Waals surface area contributed by atoms with E-state index in [1.165, 1.54) is 0 Å². The molecule has 3 aliphatic rings. The Bertz CT molecular complexity index is 1340. The molecule has 3 atom stereocenters. The fraction of sp³-hybridized carbons (Fsp3) is 0.379.